The molecule has 1 aliphatic rings. The van der Waals surface area contributed by atoms with Gasteiger partial charge in [-0.05, 0) is 19.9 Å². The van der Waals surface area contributed by atoms with E-state index in [0.717, 1.165) is 0 Å². The van der Waals surface area contributed by atoms with Crippen LogP contribution in [0.25, 0.3) is 0 Å². The van der Waals surface area contributed by atoms with Crippen LogP contribution >= 0.6 is 0 Å². The summed E-state index contributed by atoms with van der Waals surface area (Å²) in [4.78, 5) is 36.3. The summed E-state index contributed by atoms with van der Waals surface area (Å²) in [6.45, 7) is 6.83. The van der Waals surface area contributed by atoms with Crippen LogP contribution in [0.15, 0.2) is 6.07 Å². The van der Waals surface area contributed by atoms with Crippen LogP contribution in [0.5, 0.6) is 0 Å². The molecule has 0 spiro atoms. The molecule has 1 aliphatic heterocycles. The van der Waals surface area contributed by atoms with Gasteiger partial charge in [0.15, 0.2) is 0 Å². The van der Waals surface area contributed by atoms with Crippen molar-refractivity contribution in [3.8, 4) is 0 Å². The average Bonchev–Trinajstić information content (AvgIpc) is 2.61. The Kier molecular flexibility index (Phi) is 6.93. The summed E-state index contributed by atoms with van der Waals surface area (Å²) < 4.78 is 9.96. The molecule has 1 aromatic heterocycles. The zero-order chi connectivity index (χ0) is 18.2. The van der Waals surface area contributed by atoms with Crippen molar-refractivity contribution in [2.75, 3.05) is 58.4 Å². The van der Waals surface area contributed by atoms with Gasteiger partial charge in [0.25, 0.3) is 5.91 Å². The topological polar surface area (TPSA) is 96.9 Å². The lowest BCUT2D eigenvalue weighted by Gasteiger charge is -2.33. The molecular weight excluding hydrogens is 326 g/mol. The molecule has 2 amide bonds. The van der Waals surface area contributed by atoms with Gasteiger partial charge in [-0.2, -0.15) is 0 Å². The number of ether oxygens (including phenoxy) is 2. The molecule has 0 radical (unpaired) electrons. The van der Waals surface area contributed by atoms with E-state index in [1.54, 1.807) is 29.9 Å². The van der Waals surface area contributed by atoms with Crippen LogP contribution in [0.1, 0.15) is 23.1 Å². The van der Waals surface area contributed by atoms with Gasteiger partial charge in [0.1, 0.15) is 5.69 Å². The number of methoxy groups -OCH3 is 1. The number of carbonyl (C=O) groups is 2. The summed E-state index contributed by atoms with van der Waals surface area (Å²) in [5, 5.41) is 3.03. The van der Waals surface area contributed by atoms with Crippen LogP contribution < -0.4 is 5.32 Å². The maximum absolute atomic E-state index is 12.7. The number of hydrogen-bond acceptors (Lipinski definition) is 7. The lowest BCUT2D eigenvalue weighted by atomic mass is 10.2. The number of rotatable bonds is 6. The molecule has 0 aliphatic carbocycles. The number of carbonyl (C=O) groups excluding carboxylic acids is 2. The summed E-state index contributed by atoms with van der Waals surface area (Å²) in [5.41, 5.74) is 1.06. The lowest BCUT2D eigenvalue weighted by molar-refractivity contribution is 0.0566. The Morgan fingerprint density at radius 2 is 1.88 bits per heavy atom. The van der Waals surface area contributed by atoms with E-state index in [1.165, 1.54) is 0 Å². The fourth-order valence-corrected chi connectivity index (χ4v) is 2.49. The molecule has 0 aromatic carbocycles. The van der Waals surface area contributed by atoms with Gasteiger partial charge in [-0.3, -0.25) is 4.79 Å². The zero-order valence-electron chi connectivity index (χ0n) is 14.9. The minimum Gasteiger partial charge on any atom is -0.450 e. The number of aryl methyl sites for hydroxylation is 1. The molecular formula is C16H25N5O4. The van der Waals surface area contributed by atoms with Crippen molar-refractivity contribution in [3.05, 3.63) is 17.5 Å². The maximum Gasteiger partial charge on any atom is 0.409 e. The predicted octanol–water partition coefficient (Wildman–Crippen LogP) is 0.758. The van der Waals surface area contributed by atoms with Gasteiger partial charge in [-0.25, -0.2) is 14.8 Å². The monoisotopic (exact) mass is 351 g/mol. The molecule has 138 valence electrons. The van der Waals surface area contributed by atoms with Gasteiger partial charge in [-0.1, -0.05) is 0 Å². The highest BCUT2D eigenvalue weighted by atomic mass is 16.6. The Morgan fingerprint density at radius 1 is 1.20 bits per heavy atom. The van der Waals surface area contributed by atoms with Crippen molar-refractivity contribution >= 4 is 17.9 Å². The maximum atomic E-state index is 12.7. The lowest BCUT2D eigenvalue weighted by Crippen LogP contribution is -2.50. The summed E-state index contributed by atoms with van der Waals surface area (Å²) in [5.74, 6) is 0.245. The molecule has 1 fully saturated rings. The number of piperazine rings is 1. The van der Waals surface area contributed by atoms with E-state index in [4.69, 9.17) is 9.47 Å². The number of nitrogens with zero attached hydrogens (tertiary/aromatic N) is 4. The number of hydrogen-bond donors (Lipinski definition) is 1. The first kappa shape index (κ1) is 18.9. The third-order valence-corrected chi connectivity index (χ3v) is 3.76. The van der Waals surface area contributed by atoms with Crippen LogP contribution in [0.3, 0.4) is 0 Å². The average molecular weight is 351 g/mol. The minimum atomic E-state index is -0.336. The van der Waals surface area contributed by atoms with Crippen molar-refractivity contribution < 1.29 is 19.1 Å². The first-order valence-electron chi connectivity index (χ1n) is 8.34. The fourth-order valence-electron chi connectivity index (χ4n) is 2.49. The molecule has 0 atom stereocenters. The highest BCUT2D eigenvalue weighted by molar-refractivity contribution is 5.92. The number of nitrogens with one attached hydrogen (secondary N) is 1. The second-order valence-electron chi connectivity index (χ2n) is 5.62. The van der Waals surface area contributed by atoms with E-state index in [1.807, 2.05) is 6.92 Å². The number of anilines is 1. The fraction of sp³-hybridized carbons (Fsp3) is 0.625. The number of amides is 2. The van der Waals surface area contributed by atoms with Crippen molar-refractivity contribution in [1.82, 2.24) is 19.8 Å². The predicted molar refractivity (Wildman–Crippen MR) is 91.6 cm³/mol. The minimum absolute atomic E-state index is 0.163. The van der Waals surface area contributed by atoms with E-state index in [2.05, 4.69) is 15.3 Å². The Labute approximate surface area is 147 Å². The Morgan fingerprint density at radius 3 is 2.52 bits per heavy atom. The normalized spacial score (nSPS) is 14.4. The van der Waals surface area contributed by atoms with Gasteiger partial charge in [0.05, 0.1) is 13.2 Å². The quantitative estimate of drug-likeness (QED) is 0.756. The van der Waals surface area contributed by atoms with Crippen LogP contribution in [0, 0.1) is 6.92 Å². The molecule has 0 bridgehead atoms. The van der Waals surface area contributed by atoms with Crippen LogP contribution in [-0.2, 0) is 9.47 Å². The highest BCUT2D eigenvalue weighted by Gasteiger charge is 2.26. The largest absolute Gasteiger partial charge is 0.450 e. The SMILES string of the molecule is CCOC(=O)N1CCN(C(=O)c2cc(C)nc(NCCOC)n2)CC1. The van der Waals surface area contributed by atoms with E-state index >= 15 is 0 Å². The van der Waals surface area contributed by atoms with E-state index < -0.39 is 0 Å². The Balaban J connectivity index is 1.97. The smallest absolute Gasteiger partial charge is 0.409 e. The van der Waals surface area contributed by atoms with Crippen LogP contribution in [-0.4, -0.2) is 84.8 Å². The second kappa shape index (κ2) is 9.16. The van der Waals surface area contributed by atoms with Gasteiger partial charge < -0.3 is 24.6 Å². The third kappa shape index (κ3) is 5.28. The molecule has 9 nitrogen and oxygen atoms in total. The molecule has 1 aromatic rings. The molecule has 2 rings (SSSR count). The summed E-state index contributed by atoms with van der Waals surface area (Å²) in [6, 6.07) is 1.67. The van der Waals surface area contributed by atoms with Gasteiger partial charge >= 0.3 is 6.09 Å². The Hall–Kier alpha value is -2.42. The Bertz CT molecular complexity index is 602. The third-order valence-electron chi connectivity index (χ3n) is 3.76. The first-order chi connectivity index (χ1) is 12.0. The van der Waals surface area contributed by atoms with Gasteiger partial charge in [-0.15, -0.1) is 0 Å². The first-order valence-corrected chi connectivity index (χ1v) is 8.34. The molecule has 0 unspecified atom stereocenters. The second-order valence-corrected chi connectivity index (χ2v) is 5.62. The van der Waals surface area contributed by atoms with E-state index in [-0.39, 0.29) is 12.0 Å². The molecule has 25 heavy (non-hydrogen) atoms. The molecule has 2 heterocycles. The van der Waals surface area contributed by atoms with Crippen molar-refractivity contribution in [3.63, 3.8) is 0 Å². The summed E-state index contributed by atoms with van der Waals surface area (Å²) >= 11 is 0. The standard InChI is InChI=1S/C16H25N5O4/c1-4-25-16(23)21-8-6-20(7-9-21)14(22)13-11-12(2)18-15(19-13)17-5-10-24-3/h11H,4-10H2,1-3H3,(H,17,18,19). The van der Waals surface area contributed by atoms with Crippen molar-refractivity contribution in [2.24, 2.45) is 0 Å². The van der Waals surface area contributed by atoms with Crippen molar-refractivity contribution in [1.29, 1.82) is 0 Å². The molecule has 9 heteroatoms. The van der Waals surface area contributed by atoms with Crippen molar-refractivity contribution in [2.45, 2.75) is 13.8 Å². The van der Waals surface area contributed by atoms with Gasteiger partial charge in [0.2, 0.25) is 5.95 Å². The van der Waals surface area contributed by atoms with E-state index in [9.17, 15) is 9.59 Å². The van der Waals surface area contributed by atoms with E-state index in [0.29, 0.717) is 63.3 Å². The summed E-state index contributed by atoms with van der Waals surface area (Å²) in [7, 11) is 1.61. The molecule has 0 saturated carbocycles. The summed E-state index contributed by atoms with van der Waals surface area (Å²) in [6.07, 6.45) is -0.336. The van der Waals surface area contributed by atoms with Gasteiger partial charge in [0, 0.05) is 45.5 Å². The highest BCUT2D eigenvalue weighted by Crippen LogP contribution is 2.11. The van der Waals surface area contributed by atoms with Crippen LogP contribution in [0.2, 0.25) is 0 Å². The molecule has 1 saturated heterocycles. The number of aromatic nitrogens is 2. The molecule has 1 N–H and O–H groups in total. The zero-order valence-corrected chi connectivity index (χ0v) is 14.9. The van der Waals surface area contributed by atoms with Crippen LogP contribution in [0.4, 0.5) is 10.7 Å².